The monoisotopic (exact) mass is 260 g/mol. The molecule has 92 valence electrons. The van der Waals surface area contributed by atoms with E-state index in [0.717, 1.165) is 12.1 Å². The van der Waals surface area contributed by atoms with Crippen LogP contribution in [0.15, 0.2) is 18.2 Å². The number of nitrogens with one attached hydrogen (secondary N) is 2. The number of carbonyl (C=O) groups is 2. The number of anilines is 1. The Bertz CT molecular complexity index is 440. The second-order valence-electron chi connectivity index (χ2n) is 3.06. The van der Waals surface area contributed by atoms with E-state index >= 15 is 0 Å². The van der Waals surface area contributed by atoms with Gasteiger partial charge in [-0.2, -0.15) is 0 Å². The molecule has 0 heterocycles. The SMILES string of the molecule is O=C(NCCO)C(=O)Nc1ccc(F)cc1Cl. The third-order valence-electron chi connectivity index (χ3n) is 1.78. The van der Waals surface area contributed by atoms with Gasteiger partial charge in [-0.25, -0.2) is 4.39 Å². The molecule has 3 N–H and O–H groups in total. The Hall–Kier alpha value is -1.66. The first kappa shape index (κ1) is 13.4. The van der Waals surface area contributed by atoms with Crippen molar-refractivity contribution in [3.63, 3.8) is 0 Å². The lowest BCUT2D eigenvalue weighted by molar-refractivity contribution is -0.136. The molecule has 1 rings (SSSR count). The highest BCUT2D eigenvalue weighted by atomic mass is 35.5. The van der Waals surface area contributed by atoms with Crippen molar-refractivity contribution in [1.82, 2.24) is 5.32 Å². The molecule has 0 saturated carbocycles. The molecule has 0 bridgehead atoms. The van der Waals surface area contributed by atoms with Gasteiger partial charge in [0.1, 0.15) is 5.82 Å². The molecule has 0 unspecified atom stereocenters. The molecule has 0 atom stereocenters. The van der Waals surface area contributed by atoms with Crippen LogP contribution in [0, 0.1) is 5.82 Å². The predicted molar refractivity (Wildman–Crippen MR) is 60.1 cm³/mol. The maximum Gasteiger partial charge on any atom is 0.313 e. The van der Waals surface area contributed by atoms with Crippen LogP contribution in [-0.2, 0) is 9.59 Å². The Morgan fingerprint density at radius 2 is 2.06 bits per heavy atom. The minimum absolute atomic E-state index is 0.00620. The van der Waals surface area contributed by atoms with Crippen LogP contribution in [0.3, 0.4) is 0 Å². The van der Waals surface area contributed by atoms with E-state index in [1.165, 1.54) is 6.07 Å². The molecular formula is C10H10ClFN2O3. The molecule has 17 heavy (non-hydrogen) atoms. The van der Waals surface area contributed by atoms with E-state index in [2.05, 4.69) is 10.6 Å². The van der Waals surface area contributed by atoms with E-state index < -0.39 is 17.6 Å². The van der Waals surface area contributed by atoms with E-state index in [1.54, 1.807) is 0 Å². The first-order chi connectivity index (χ1) is 8.04. The molecule has 0 aliphatic carbocycles. The van der Waals surface area contributed by atoms with Crippen LogP contribution in [0.5, 0.6) is 0 Å². The van der Waals surface area contributed by atoms with Crippen molar-refractivity contribution in [3.05, 3.63) is 29.0 Å². The lowest BCUT2D eigenvalue weighted by Crippen LogP contribution is -2.36. The van der Waals surface area contributed by atoms with Gasteiger partial charge < -0.3 is 15.7 Å². The average Bonchev–Trinajstić information content (AvgIpc) is 2.29. The fourth-order valence-corrected chi connectivity index (χ4v) is 1.23. The number of halogens is 2. The topological polar surface area (TPSA) is 78.4 Å². The van der Waals surface area contributed by atoms with Crippen molar-refractivity contribution < 1.29 is 19.1 Å². The Morgan fingerprint density at radius 1 is 1.35 bits per heavy atom. The van der Waals surface area contributed by atoms with E-state index in [-0.39, 0.29) is 23.9 Å². The number of hydrogen-bond donors (Lipinski definition) is 3. The number of carbonyl (C=O) groups excluding carboxylic acids is 2. The molecule has 0 aliphatic rings. The van der Waals surface area contributed by atoms with Crippen molar-refractivity contribution >= 4 is 29.1 Å². The normalized spacial score (nSPS) is 9.82. The summed E-state index contributed by atoms with van der Waals surface area (Å²) in [5.74, 6) is -2.39. The van der Waals surface area contributed by atoms with Crippen LogP contribution in [0.4, 0.5) is 10.1 Å². The van der Waals surface area contributed by atoms with E-state index in [9.17, 15) is 14.0 Å². The molecule has 0 spiro atoms. The highest BCUT2D eigenvalue weighted by molar-refractivity contribution is 6.41. The summed E-state index contributed by atoms with van der Waals surface area (Å²) in [6, 6.07) is 3.37. The summed E-state index contributed by atoms with van der Waals surface area (Å²) in [5.41, 5.74) is 0.136. The molecule has 0 aliphatic heterocycles. The van der Waals surface area contributed by atoms with Crippen molar-refractivity contribution in [2.75, 3.05) is 18.5 Å². The summed E-state index contributed by atoms with van der Waals surface area (Å²) in [7, 11) is 0. The van der Waals surface area contributed by atoms with Crippen LogP contribution >= 0.6 is 11.6 Å². The van der Waals surface area contributed by atoms with Gasteiger partial charge in [0.2, 0.25) is 0 Å². The quantitative estimate of drug-likeness (QED) is 0.694. The summed E-state index contributed by atoms with van der Waals surface area (Å²) >= 11 is 5.66. The predicted octanol–water partition coefficient (Wildman–Crippen LogP) is 0.526. The third-order valence-corrected chi connectivity index (χ3v) is 2.10. The Balaban J connectivity index is 2.64. The molecule has 0 fully saturated rings. The van der Waals surface area contributed by atoms with Gasteiger partial charge in [0.05, 0.1) is 17.3 Å². The average molecular weight is 261 g/mol. The molecular weight excluding hydrogens is 251 g/mol. The Labute approximate surface area is 102 Å². The summed E-state index contributed by atoms with van der Waals surface area (Å²) in [6.45, 7) is -0.292. The second kappa shape index (κ2) is 6.17. The molecule has 1 aromatic rings. The highest BCUT2D eigenvalue weighted by Crippen LogP contribution is 2.22. The lowest BCUT2D eigenvalue weighted by atomic mass is 10.3. The number of benzene rings is 1. The summed E-state index contributed by atoms with van der Waals surface area (Å²) in [5, 5.41) is 12.8. The van der Waals surface area contributed by atoms with Gasteiger partial charge in [-0.05, 0) is 18.2 Å². The number of hydrogen-bond acceptors (Lipinski definition) is 3. The lowest BCUT2D eigenvalue weighted by Gasteiger charge is -2.07. The molecule has 0 saturated heterocycles. The molecule has 7 heteroatoms. The zero-order valence-corrected chi connectivity index (χ0v) is 9.42. The zero-order chi connectivity index (χ0) is 12.8. The van der Waals surface area contributed by atoms with Crippen molar-refractivity contribution in [3.8, 4) is 0 Å². The molecule has 0 radical (unpaired) electrons. The van der Waals surface area contributed by atoms with Gasteiger partial charge in [0, 0.05) is 6.54 Å². The number of amides is 2. The zero-order valence-electron chi connectivity index (χ0n) is 8.67. The molecule has 1 aromatic carbocycles. The van der Waals surface area contributed by atoms with Crippen LogP contribution < -0.4 is 10.6 Å². The summed E-state index contributed by atoms with van der Waals surface area (Å²) in [6.07, 6.45) is 0. The van der Waals surface area contributed by atoms with Gasteiger partial charge in [-0.15, -0.1) is 0 Å². The van der Waals surface area contributed by atoms with Crippen LogP contribution in [0.1, 0.15) is 0 Å². The van der Waals surface area contributed by atoms with Crippen molar-refractivity contribution in [2.24, 2.45) is 0 Å². The largest absolute Gasteiger partial charge is 0.395 e. The minimum atomic E-state index is -0.938. The van der Waals surface area contributed by atoms with E-state index in [4.69, 9.17) is 16.7 Å². The molecule has 0 aromatic heterocycles. The maximum atomic E-state index is 12.7. The van der Waals surface area contributed by atoms with Crippen LogP contribution in [0.25, 0.3) is 0 Å². The molecule has 5 nitrogen and oxygen atoms in total. The number of aliphatic hydroxyl groups is 1. The summed E-state index contributed by atoms with van der Waals surface area (Å²) in [4.78, 5) is 22.4. The van der Waals surface area contributed by atoms with E-state index in [0.29, 0.717) is 0 Å². The van der Waals surface area contributed by atoms with Crippen LogP contribution in [0.2, 0.25) is 5.02 Å². The van der Waals surface area contributed by atoms with E-state index in [1.807, 2.05) is 0 Å². The number of rotatable bonds is 3. The first-order valence-electron chi connectivity index (χ1n) is 4.69. The molecule has 2 amide bonds. The van der Waals surface area contributed by atoms with Crippen molar-refractivity contribution in [2.45, 2.75) is 0 Å². The van der Waals surface area contributed by atoms with Crippen LogP contribution in [-0.4, -0.2) is 30.1 Å². The van der Waals surface area contributed by atoms with Gasteiger partial charge in [-0.1, -0.05) is 11.6 Å². The van der Waals surface area contributed by atoms with Gasteiger partial charge >= 0.3 is 11.8 Å². The standard InChI is InChI=1S/C10H10ClFN2O3/c11-7-5-6(12)1-2-8(7)14-10(17)9(16)13-3-4-15/h1-2,5,15H,3-4H2,(H,13,16)(H,14,17). The highest BCUT2D eigenvalue weighted by Gasteiger charge is 2.14. The Morgan fingerprint density at radius 3 is 2.65 bits per heavy atom. The second-order valence-corrected chi connectivity index (χ2v) is 3.47. The van der Waals surface area contributed by atoms with Gasteiger partial charge in [-0.3, -0.25) is 9.59 Å². The Kier molecular flexibility index (Phi) is 4.86. The minimum Gasteiger partial charge on any atom is -0.395 e. The maximum absolute atomic E-state index is 12.7. The first-order valence-corrected chi connectivity index (χ1v) is 5.07. The summed E-state index contributed by atoms with van der Waals surface area (Å²) < 4.78 is 12.7. The van der Waals surface area contributed by atoms with Gasteiger partial charge in [0.15, 0.2) is 0 Å². The fourth-order valence-electron chi connectivity index (χ4n) is 1.02. The fraction of sp³-hybridized carbons (Fsp3) is 0.200. The number of aliphatic hydroxyl groups excluding tert-OH is 1. The smallest absolute Gasteiger partial charge is 0.313 e. The third kappa shape index (κ3) is 4.01. The van der Waals surface area contributed by atoms with Crippen molar-refractivity contribution in [1.29, 1.82) is 0 Å². The van der Waals surface area contributed by atoms with Gasteiger partial charge in [0.25, 0.3) is 0 Å².